The first-order valence-electron chi connectivity index (χ1n) is 2.61. The molecule has 0 unspecified atom stereocenters. The molecule has 0 rings (SSSR count). The summed E-state index contributed by atoms with van der Waals surface area (Å²) in [5, 5.41) is 8.05. The van der Waals surface area contributed by atoms with Gasteiger partial charge in [-0.15, -0.1) is 0 Å². The highest BCUT2D eigenvalue weighted by Crippen LogP contribution is 2.07. The van der Waals surface area contributed by atoms with E-state index in [9.17, 15) is 8.78 Å². The molecule has 0 aromatic rings. The molecule has 0 radical (unpaired) electrons. The van der Waals surface area contributed by atoms with Crippen molar-refractivity contribution in [3.05, 3.63) is 0 Å². The van der Waals surface area contributed by atoms with Crippen LogP contribution in [0.5, 0.6) is 0 Å². The Morgan fingerprint density at radius 2 is 2.29 bits per heavy atom. The maximum Gasteiger partial charge on any atom is 0.282 e. The van der Waals surface area contributed by atoms with Gasteiger partial charge >= 0.3 is 0 Å². The molecule has 0 aromatic carbocycles. The average Bonchev–Trinajstić information content (AvgIpc) is 1.64. The fraction of sp³-hybridized carbons (Fsp3) is 1.00. The summed E-state index contributed by atoms with van der Waals surface area (Å²) in [7, 11) is 0. The zero-order chi connectivity index (χ0) is 7.71. The minimum Gasteiger partial charge on any atom is -0.390 e. The van der Waals surface area contributed by atoms with Crippen LogP contribution in [0, 0.1) is 0 Å². The van der Waals surface area contributed by atoms with Gasteiger partial charge in [0.05, 0.1) is 9.29 Å². The number of hydrogen-bond acceptors (Lipinski definition) is 2. The third kappa shape index (κ3) is 2.47. The van der Waals surface area contributed by atoms with Gasteiger partial charge in [0, 0.05) is 0 Å². The molecule has 44 valence electrons. The van der Waals surface area contributed by atoms with Crippen LogP contribution in [0.25, 0.3) is 0 Å². The zero-order valence-electron chi connectivity index (χ0n) is 5.49. The lowest BCUT2D eigenvalue weighted by molar-refractivity contribution is -0.0408. The predicted octanol–water partition coefficient (Wildman–Crippen LogP) is -0.427. The number of alkyl halides is 2. The average molecular weight is 113 g/mol. The van der Waals surface area contributed by atoms with E-state index in [1.807, 2.05) is 0 Å². The van der Waals surface area contributed by atoms with Gasteiger partial charge in [0.25, 0.3) is 5.92 Å². The third-order valence-electron chi connectivity index (χ3n) is 0.420. The molecule has 0 aliphatic rings. The van der Waals surface area contributed by atoms with Crippen LogP contribution in [0.1, 0.15) is 2.74 Å². The molecule has 0 aromatic heterocycles. The first kappa shape index (κ1) is 3.74. The van der Waals surface area contributed by atoms with Gasteiger partial charge in [-0.1, -0.05) is 0 Å². The quantitative estimate of drug-likeness (QED) is 0.510. The highest BCUT2D eigenvalue weighted by Gasteiger charge is 2.24. The first-order valence-corrected chi connectivity index (χ1v) is 1.61. The minimum absolute atomic E-state index is 1.20. The summed E-state index contributed by atoms with van der Waals surface area (Å²) in [4.78, 5) is 0. The van der Waals surface area contributed by atoms with Crippen LogP contribution in [0.2, 0.25) is 0 Å². The molecule has 4 heteroatoms. The van der Waals surface area contributed by atoms with Crippen LogP contribution in [0.3, 0.4) is 0 Å². The lowest BCUT2D eigenvalue weighted by Gasteiger charge is -2.07. The number of halogens is 2. The maximum atomic E-state index is 11.9. The molecule has 0 atom stereocenters. The van der Waals surface area contributed by atoms with Crippen LogP contribution in [-0.4, -0.2) is 24.1 Å². The largest absolute Gasteiger partial charge is 0.390 e. The monoisotopic (exact) mass is 113 g/mol. The normalized spacial score (nSPS) is 18.3. The molecule has 0 bridgehead atoms. The molecule has 3 N–H and O–H groups in total. The molecule has 0 fully saturated rings. The SMILES string of the molecule is [2H]C([2H])(O)C(F)(F)CN. The fourth-order valence-electron chi connectivity index (χ4n) is 0.0456. The first-order chi connectivity index (χ1) is 3.81. The highest BCUT2D eigenvalue weighted by molar-refractivity contribution is 4.62. The summed E-state index contributed by atoms with van der Waals surface area (Å²) in [5.41, 5.74) is 4.44. The number of aliphatic hydroxyl groups is 1. The van der Waals surface area contributed by atoms with Crippen molar-refractivity contribution in [2.75, 3.05) is 13.1 Å². The van der Waals surface area contributed by atoms with Crippen LogP contribution in [0.15, 0.2) is 0 Å². The zero-order valence-corrected chi connectivity index (χ0v) is 3.49. The molecular weight excluding hydrogens is 104 g/mol. The van der Waals surface area contributed by atoms with E-state index in [1.165, 1.54) is 0 Å². The third-order valence-corrected chi connectivity index (χ3v) is 0.420. The molecular formula is C3H7F2NO. The molecule has 0 saturated heterocycles. The molecule has 0 amide bonds. The number of rotatable bonds is 2. The van der Waals surface area contributed by atoms with Crippen LogP contribution in [0.4, 0.5) is 8.78 Å². The van der Waals surface area contributed by atoms with E-state index >= 15 is 0 Å². The number of hydrogen-bond donors (Lipinski definition) is 2. The molecule has 0 aliphatic carbocycles. The Morgan fingerprint density at radius 1 is 1.86 bits per heavy atom. The Balaban J connectivity index is 4.14. The van der Waals surface area contributed by atoms with Crippen molar-refractivity contribution in [1.82, 2.24) is 0 Å². The summed E-state index contributed by atoms with van der Waals surface area (Å²) >= 11 is 0. The molecule has 0 spiro atoms. The second kappa shape index (κ2) is 2.18. The fourth-order valence-corrected chi connectivity index (χ4v) is 0.0456. The standard InChI is InChI=1S/C3H7F2NO/c4-3(5,1-6)2-7/h7H,1-2,6H2/i2D2. The van der Waals surface area contributed by atoms with Gasteiger partial charge in [0.2, 0.25) is 0 Å². The van der Waals surface area contributed by atoms with Gasteiger partial charge < -0.3 is 10.8 Å². The minimum atomic E-state index is -3.85. The van der Waals surface area contributed by atoms with Crippen molar-refractivity contribution in [3.8, 4) is 0 Å². The van der Waals surface area contributed by atoms with Gasteiger partial charge in [0.1, 0.15) is 6.56 Å². The van der Waals surface area contributed by atoms with Gasteiger partial charge in [-0.2, -0.15) is 0 Å². The van der Waals surface area contributed by atoms with Crippen LogP contribution < -0.4 is 5.73 Å². The molecule has 0 heterocycles. The summed E-state index contributed by atoms with van der Waals surface area (Å²) < 4.78 is 36.1. The summed E-state index contributed by atoms with van der Waals surface area (Å²) in [5.74, 6) is -3.85. The Kier molecular flexibility index (Phi) is 1.17. The Morgan fingerprint density at radius 3 is 2.29 bits per heavy atom. The topological polar surface area (TPSA) is 46.2 Å². The van der Waals surface area contributed by atoms with Crippen molar-refractivity contribution in [2.45, 2.75) is 5.92 Å². The van der Waals surface area contributed by atoms with Gasteiger partial charge in [-0.3, -0.25) is 0 Å². The van der Waals surface area contributed by atoms with E-state index in [2.05, 4.69) is 5.73 Å². The van der Waals surface area contributed by atoms with Crippen LogP contribution in [-0.2, 0) is 0 Å². The number of nitrogens with two attached hydrogens (primary N) is 1. The van der Waals surface area contributed by atoms with E-state index in [1.54, 1.807) is 0 Å². The van der Waals surface area contributed by atoms with E-state index in [0.717, 1.165) is 0 Å². The predicted molar refractivity (Wildman–Crippen MR) is 21.1 cm³/mol. The molecule has 0 aliphatic heterocycles. The Bertz CT molecular complexity index is 102. The lowest BCUT2D eigenvalue weighted by Crippen LogP contribution is -2.31. The Hall–Kier alpha value is -0.220. The van der Waals surface area contributed by atoms with Crippen molar-refractivity contribution in [1.29, 1.82) is 0 Å². The van der Waals surface area contributed by atoms with Crippen molar-refractivity contribution < 1.29 is 16.6 Å². The van der Waals surface area contributed by atoms with E-state index in [0.29, 0.717) is 0 Å². The van der Waals surface area contributed by atoms with E-state index < -0.39 is 19.0 Å². The highest BCUT2D eigenvalue weighted by atomic mass is 19.3. The molecule has 2 nitrogen and oxygen atoms in total. The second-order valence-corrected chi connectivity index (χ2v) is 1.02. The summed E-state index contributed by atoms with van der Waals surface area (Å²) in [6.07, 6.45) is 0. The molecule has 7 heavy (non-hydrogen) atoms. The van der Waals surface area contributed by atoms with E-state index in [4.69, 9.17) is 7.85 Å². The summed E-state index contributed by atoms with van der Waals surface area (Å²) in [6, 6.07) is 0. The van der Waals surface area contributed by atoms with Gasteiger partial charge in [-0.05, 0) is 0 Å². The smallest absolute Gasteiger partial charge is 0.282 e. The Labute approximate surface area is 42.7 Å². The van der Waals surface area contributed by atoms with Gasteiger partial charge in [0.15, 0.2) is 0 Å². The molecule has 0 saturated carbocycles. The lowest BCUT2D eigenvalue weighted by atomic mass is 10.4. The maximum absolute atomic E-state index is 11.9. The van der Waals surface area contributed by atoms with Crippen molar-refractivity contribution in [3.63, 3.8) is 0 Å². The van der Waals surface area contributed by atoms with Gasteiger partial charge in [-0.25, -0.2) is 8.78 Å². The summed E-state index contributed by atoms with van der Waals surface area (Å²) in [6.45, 7) is -4.71. The second-order valence-electron chi connectivity index (χ2n) is 1.02. The van der Waals surface area contributed by atoms with Crippen molar-refractivity contribution in [2.24, 2.45) is 5.73 Å². The van der Waals surface area contributed by atoms with E-state index in [-0.39, 0.29) is 0 Å². The van der Waals surface area contributed by atoms with Crippen LogP contribution >= 0.6 is 0 Å². The van der Waals surface area contributed by atoms with Crippen molar-refractivity contribution >= 4 is 0 Å².